The summed E-state index contributed by atoms with van der Waals surface area (Å²) >= 11 is 1.32. The summed E-state index contributed by atoms with van der Waals surface area (Å²) < 4.78 is 2.04. The van der Waals surface area contributed by atoms with E-state index in [1.165, 1.54) is 27.8 Å². The van der Waals surface area contributed by atoms with Crippen LogP contribution < -0.4 is 0 Å². The number of imide groups is 1. The third-order valence-electron chi connectivity index (χ3n) is 5.44. The smallest absolute Gasteiger partial charge is 0.239 e. The number of benzene rings is 1. The van der Waals surface area contributed by atoms with Gasteiger partial charge in [-0.3, -0.25) is 24.0 Å². The van der Waals surface area contributed by atoms with Crippen molar-refractivity contribution in [3.05, 3.63) is 53.9 Å². The van der Waals surface area contributed by atoms with Crippen molar-refractivity contribution in [1.82, 2.24) is 24.6 Å². The lowest BCUT2D eigenvalue weighted by molar-refractivity contribution is -0.140. The lowest BCUT2D eigenvalue weighted by Gasteiger charge is -2.18. The highest BCUT2D eigenvalue weighted by Crippen LogP contribution is 2.32. The van der Waals surface area contributed by atoms with Gasteiger partial charge in [0.05, 0.1) is 11.4 Å². The maximum Gasteiger partial charge on any atom is 0.239 e. The molecule has 2 amide bonds. The van der Waals surface area contributed by atoms with Crippen LogP contribution in [0, 0.1) is 0 Å². The second-order valence-corrected chi connectivity index (χ2v) is 8.29. The molecule has 2 aromatic heterocycles. The molecule has 1 aliphatic heterocycles. The van der Waals surface area contributed by atoms with Gasteiger partial charge in [-0.25, -0.2) is 0 Å². The number of para-hydroxylation sites is 1. The van der Waals surface area contributed by atoms with E-state index >= 15 is 0 Å². The second kappa shape index (κ2) is 9.43. The molecule has 3 aromatic rings. The van der Waals surface area contributed by atoms with E-state index in [4.69, 9.17) is 0 Å². The molecule has 0 unspecified atom stereocenters. The largest absolute Gasteiger partial charge is 0.282 e. The number of amides is 2. The molecule has 0 bridgehead atoms. The van der Waals surface area contributed by atoms with E-state index in [-0.39, 0.29) is 17.6 Å². The zero-order chi connectivity index (χ0) is 21.8. The quantitative estimate of drug-likeness (QED) is 0.527. The first-order valence-corrected chi connectivity index (χ1v) is 11.6. The minimum Gasteiger partial charge on any atom is -0.282 e. The molecule has 160 valence electrons. The van der Waals surface area contributed by atoms with Crippen molar-refractivity contribution in [1.29, 1.82) is 0 Å². The van der Waals surface area contributed by atoms with Gasteiger partial charge in [0.2, 0.25) is 11.8 Å². The molecule has 0 aliphatic carbocycles. The van der Waals surface area contributed by atoms with E-state index in [9.17, 15) is 9.59 Å². The summed E-state index contributed by atoms with van der Waals surface area (Å²) in [5.41, 5.74) is 4.29. The van der Waals surface area contributed by atoms with Crippen LogP contribution in [0.15, 0.2) is 47.9 Å². The first kappa shape index (κ1) is 21.2. The van der Waals surface area contributed by atoms with Crippen molar-refractivity contribution in [2.45, 2.75) is 44.7 Å². The molecule has 1 fully saturated rings. The fourth-order valence-corrected chi connectivity index (χ4v) is 4.68. The third-order valence-corrected chi connectivity index (χ3v) is 6.35. The van der Waals surface area contributed by atoms with Crippen LogP contribution in [0.5, 0.6) is 0 Å². The lowest BCUT2D eigenvalue weighted by Crippen LogP contribution is -2.33. The van der Waals surface area contributed by atoms with Crippen molar-refractivity contribution in [2.75, 3.05) is 12.3 Å². The van der Waals surface area contributed by atoms with Crippen LogP contribution >= 0.6 is 11.8 Å². The minimum absolute atomic E-state index is 0.0901. The molecule has 0 atom stereocenters. The highest BCUT2D eigenvalue weighted by Gasteiger charge is 2.27. The third kappa shape index (κ3) is 4.25. The number of nitrogens with zero attached hydrogens (tertiary/aromatic N) is 5. The number of hydrogen-bond donors (Lipinski definition) is 0. The number of aryl methyl sites for hydroxylation is 2. The molecule has 8 heteroatoms. The van der Waals surface area contributed by atoms with Crippen molar-refractivity contribution < 1.29 is 9.59 Å². The molecule has 3 heterocycles. The number of pyridine rings is 1. The monoisotopic (exact) mass is 435 g/mol. The van der Waals surface area contributed by atoms with E-state index in [1.807, 2.05) is 16.7 Å². The Morgan fingerprint density at radius 1 is 1.10 bits per heavy atom. The number of rotatable bonds is 7. The predicted molar refractivity (Wildman–Crippen MR) is 120 cm³/mol. The average molecular weight is 436 g/mol. The molecule has 7 nitrogen and oxygen atoms in total. The van der Waals surface area contributed by atoms with E-state index < -0.39 is 0 Å². The molecule has 0 saturated carbocycles. The SMILES string of the molecule is CCc1cccc(CC)c1-n1c(SCC(=O)N2CCCC2=O)nnc1-c1cccnc1. The summed E-state index contributed by atoms with van der Waals surface area (Å²) in [4.78, 5) is 30.1. The normalized spacial score (nSPS) is 13.7. The summed E-state index contributed by atoms with van der Waals surface area (Å²) in [7, 11) is 0. The van der Waals surface area contributed by atoms with Crippen LogP contribution in [0.2, 0.25) is 0 Å². The van der Waals surface area contributed by atoms with E-state index in [1.54, 1.807) is 12.4 Å². The molecule has 31 heavy (non-hydrogen) atoms. The number of likely N-dealkylation sites (tertiary alicyclic amines) is 1. The van der Waals surface area contributed by atoms with Gasteiger partial charge in [-0.1, -0.05) is 43.8 Å². The summed E-state index contributed by atoms with van der Waals surface area (Å²) in [5.74, 6) is 0.570. The highest BCUT2D eigenvalue weighted by atomic mass is 32.2. The van der Waals surface area contributed by atoms with Crippen molar-refractivity contribution in [2.24, 2.45) is 0 Å². The molecule has 1 aliphatic rings. The van der Waals surface area contributed by atoms with Gasteiger partial charge < -0.3 is 0 Å². The average Bonchev–Trinajstić information content (AvgIpc) is 3.43. The summed E-state index contributed by atoms with van der Waals surface area (Å²) in [5, 5.41) is 9.53. The van der Waals surface area contributed by atoms with Crippen LogP contribution in [0.4, 0.5) is 0 Å². The Morgan fingerprint density at radius 2 is 1.87 bits per heavy atom. The number of carbonyl (C=O) groups excluding carboxylic acids is 2. The van der Waals surface area contributed by atoms with Crippen LogP contribution in [-0.2, 0) is 22.4 Å². The zero-order valence-corrected chi connectivity index (χ0v) is 18.6. The maximum atomic E-state index is 12.6. The Kier molecular flexibility index (Phi) is 6.46. The Morgan fingerprint density at radius 3 is 2.48 bits per heavy atom. The summed E-state index contributed by atoms with van der Waals surface area (Å²) in [6.07, 6.45) is 6.40. The fourth-order valence-electron chi connectivity index (χ4n) is 3.87. The van der Waals surface area contributed by atoms with Gasteiger partial charge in [-0.05, 0) is 42.5 Å². The van der Waals surface area contributed by atoms with Crippen LogP contribution in [-0.4, -0.2) is 48.8 Å². The Bertz CT molecular complexity index is 1070. The van der Waals surface area contributed by atoms with E-state index in [0.717, 1.165) is 30.5 Å². The van der Waals surface area contributed by atoms with Crippen LogP contribution in [0.1, 0.15) is 37.8 Å². The maximum absolute atomic E-state index is 12.6. The summed E-state index contributed by atoms with van der Waals surface area (Å²) in [6, 6.07) is 10.1. The zero-order valence-electron chi connectivity index (χ0n) is 17.7. The van der Waals surface area contributed by atoms with Gasteiger partial charge in [0, 0.05) is 30.9 Å². The van der Waals surface area contributed by atoms with Crippen molar-refractivity contribution in [3.63, 3.8) is 0 Å². The molecule has 0 radical (unpaired) electrons. The van der Waals surface area contributed by atoms with Gasteiger partial charge in [0.1, 0.15) is 0 Å². The first-order chi connectivity index (χ1) is 15.1. The van der Waals surface area contributed by atoms with Gasteiger partial charge in [-0.2, -0.15) is 0 Å². The van der Waals surface area contributed by atoms with Crippen LogP contribution in [0.25, 0.3) is 17.1 Å². The van der Waals surface area contributed by atoms with Crippen molar-refractivity contribution >= 4 is 23.6 Å². The van der Waals surface area contributed by atoms with Gasteiger partial charge in [0.25, 0.3) is 0 Å². The first-order valence-electron chi connectivity index (χ1n) is 10.6. The van der Waals surface area contributed by atoms with E-state index in [0.29, 0.717) is 23.9 Å². The van der Waals surface area contributed by atoms with Crippen molar-refractivity contribution in [3.8, 4) is 17.1 Å². The molecule has 1 saturated heterocycles. The standard InChI is InChI=1S/C23H25N5O2S/c1-3-16-8-5-9-17(4-2)21(16)28-22(18-10-6-12-24-14-18)25-26-23(28)31-15-20(30)27-13-7-11-19(27)29/h5-6,8-10,12,14H,3-4,7,11,13,15H2,1-2H3. The molecule has 4 rings (SSSR count). The second-order valence-electron chi connectivity index (χ2n) is 7.35. The van der Waals surface area contributed by atoms with E-state index in [2.05, 4.69) is 47.2 Å². The van der Waals surface area contributed by atoms with Gasteiger partial charge in [-0.15, -0.1) is 10.2 Å². The highest BCUT2D eigenvalue weighted by molar-refractivity contribution is 7.99. The Labute approximate surface area is 185 Å². The van der Waals surface area contributed by atoms with Gasteiger partial charge in [0.15, 0.2) is 11.0 Å². The Hall–Kier alpha value is -3.00. The number of carbonyl (C=O) groups is 2. The predicted octanol–water partition coefficient (Wildman–Crippen LogP) is 3.70. The fraction of sp³-hybridized carbons (Fsp3) is 0.348. The topological polar surface area (TPSA) is 81.0 Å². The molecular formula is C23H25N5O2S. The number of thioether (sulfide) groups is 1. The van der Waals surface area contributed by atoms with Gasteiger partial charge >= 0.3 is 0 Å². The number of hydrogen-bond acceptors (Lipinski definition) is 6. The molecule has 0 N–H and O–H groups in total. The number of aromatic nitrogens is 4. The summed E-state index contributed by atoms with van der Waals surface area (Å²) in [6.45, 7) is 4.76. The lowest BCUT2D eigenvalue weighted by atomic mass is 10.0. The Balaban J connectivity index is 1.76. The van der Waals surface area contributed by atoms with Crippen LogP contribution in [0.3, 0.4) is 0 Å². The molecule has 0 spiro atoms. The minimum atomic E-state index is -0.176. The molecule has 1 aromatic carbocycles. The molecular weight excluding hydrogens is 410 g/mol.